The molecule has 3 rings (SSSR count). The standard InChI is InChI=1S/C11H12BrN3O/c1-7-3-2-6-15-11(7)13-10(14-15)8-4-5-9(12)16-8/h4-5,7H,2-3,6H2,1H3. The second kappa shape index (κ2) is 3.73. The number of nitrogens with zero attached hydrogens (tertiary/aromatic N) is 3. The predicted molar refractivity (Wildman–Crippen MR) is 63.1 cm³/mol. The van der Waals surface area contributed by atoms with Crippen molar-refractivity contribution < 1.29 is 4.42 Å². The van der Waals surface area contributed by atoms with E-state index in [1.165, 1.54) is 12.8 Å². The van der Waals surface area contributed by atoms with Gasteiger partial charge in [0.1, 0.15) is 5.82 Å². The molecule has 0 aromatic carbocycles. The van der Waals surface area contributed by atoms with Gasteiger partial charge in [-0.2, -0.15) is 0 Å². The number of furan rings is 1. The Morgan fingerprint density at radius 1 is 1.50 bits per heavy atom. The molecule has 1 unspecified atom stereocenters. The molecule has 3 heterocycles. The molecule has 0 saturated heterocycles. The summed E-state index contributed by atoms with van der Waals surface area (Å²) in [5, 5.41) is 4.48. The number of hydrogen-bond donors (Lipinski definition) is 0. The summed E-state index contributed by atoms with van der Waals surface area (Å²) in [7, 11) is 0. The van der Waals surface area contributed by atoms with Crippen molar-refractivity contribution in [3.05, 3.63) is 22.6 Å². The summed E-state index contributed by atoms with van der Waals surface area (Å²) >= 11 is 3.28. The van der Waals surface area contributed by atoms with Gasteiger partial charge in [0.2, 0.25) is 5.82 Å². The molecule has 0 fully saturated rings. The minimum Gasteiger partial charge on any atom is -0.446 e. The van der Waals surface area contributed by atoms with Gasteiger partial charge in [-0.1, -0.05) is 6.92 Å². The van der Waals surface area contributed by atoms with Gasteiger partial charge in [-0.3, -0.25) is 0 Å². The van der Waals surface area contributed by atoms with Gasteiger partial charge in [0.05, 0.1) is 0 Å². The molecule has 0 saturated carbocycles. The van der Waals surface area contributed by atoms with Crippen LogP contribution in [0.5, 0.6) is 0 Å². The van der Waals surface area contributed by atoms with E-state index in [9.17, 15) is 0 Å². The molecule has 0 N–H and O–H groups in total. The van der Waals surface area contributed by atoms with Crippen LogP contribution in [0.1, 0.15) is 31.5 Å². The number of halogens is 1. The molecule has 2 aromatic heterocycles. The van der Waals surface area contributed by atoms with Crippen LogP contribution in [0.3, 0.4) is 0 Å². The van der Waals surface area contributed by atoms with Crippen molar-refractivity contribution in [1.82, 2.24) is 14.8 Å². The van der Waals surface area contributed by atoms with Crippen LogP contribution in [0.4, 0.5) is 0 Å². The summed E-state index contributed by atoms with van der Waals surface area (Å²) in [5.41, 5.74) is 0. The van der Waals surface area contributed by atoms with E-state index >= 15 is 0 Å². The van der Waals surface area contributed by atoms with Crippen molar-refractivity contribution in [1.29, 1.82) is 0 Å². The van der Waals surface area contributed by atoms with Gasteiger partial charge in [0.15, 0.2) is 10.4 Å². The molecular formula is C11H12BrN3O. The molecule has 16 heavy (non-hydrogen) atoms. The van der Waals surface area contributed by atoms with Gasteiger partial charge in [-0.25, -0.2) is 9.67 Å². The van der Waals surface area contributed by atoms with Crippen molar-refractivity contribution in [2.75, 3.05) is 0 Å². The SMILES string of the molecule is CC1CCCn2nc(-c3ccc(Br)o3)nc21. The summed E-state index contributed by atoms with van der Waals surface area (Å²) in [6, 6.07) is 3.74. The third-order valence-corrected chi connectivity index (χ3v) is 3.37. The first-order valence-corrected chi connectivity index (χ1v) is 6.24. The molecule has 0 bridgehead atoms. The Hall–Kier alpha value is -1.10. The first kappa shape index (κ1) is 10.1. The highest BCUT2D eigenvalue weighted by molar-refractivity contribution is 9.10. The Labute approximate surface area is 102 Å². The highest BCUT2D eigenvalue weighted by Gasteiger charge is 2.22. The number of hydrogen-bond acceptors (Lipinski definition) is 3. The first-order chi connectivity index (χ1) is 7.74. The van der Waals surface area contributed by atoms with Crippen molar-refractivity contribution in [2.24, 2.45) is 0 Å². The van der Waals surface area contributed by atoms with E-state index in [1.54, 1.807) is 0 Å². The Bertz CT molecular complexity index is 517. The van der Waals surface area contributed by atoms with E-state index < -0.39 is 0 Å². The van der Waals surface area contributed by atoms with E-state index in [0.29, 0.717) is 16.4 Å². The van der Waals surface area contributed by atoms with Crippen LogP contribution in [-0.4, -0.2) is 14.8 Å². The zero-order valence-electron chi connectivity index (χ0n) is 8.98. The topological polar surface area (TPSA) is 43.9 Å². The molecule has 1 aliphatic rings. The van der Waals surface area contributed by atoms with E-state index in [-0.39, 0.29) is 0 Å². The summed E-state index contributed by atoms with van der Waals surface area (Å²) in [6.45, 7) is 3.16. The Morgan fingerprint density at radius 2 is 2.38 bits per heavy atom. The predicted octanol–water partition coefficient (Wildman–Crippen LogP) is 3.20. The fraction of sp³-hybridized carbons (Fsp3) is 0.455. The van der Waals surface area contributed by atoms with Crippen LogP contribution >= 0.6 is 15.9 Å². The van der Waals surface area contributed by atoms with Gasteiger partial charge in [-0.15, -0.1) is 5.10 Å². The lowest BCUT2D eigenvalue weighted by atomic mass is 10.0. The van der Waals surface area contributed by atoms with E-state index in [1.807, 2.05) is 16.8 Å². The molecule has 0 spiro atoms. The fourth-order valence-corrected chi connectivity index (χ4v) is 2.41. The van der Waals surface area contributed by atoms with Crippen LogP contribution in [0.15, 0.2) is 21.2 Å². The van der Waals surface area contributed by atoms with Gasteiger partial charge in [0, 0.05) is 12.5 Å². The van der Waals surface area contributed by atoms with Crippen LogP contribution < -0.4 is 0 Å². The summed E-state index contributed by atoms with van der Waals surface area (Å²) in [6.07, 6.45) is 2.37. The highest BCUT2D eigenvalue weighted by atomic mass is 79.9. The molecule has 0 aliphatic carbocycles. The average Bonchev–Trinajstić information content (AvgIpc) is 2.84. The maximum atomic E-state index is 5.46. The third-order valence-electron chi connectivity index (χ3n) is 2.94. The summed E-state index contributed by atoms with van der Waals surface area (Å²) < 4.78 is 8.17. The number of rotatable bonds is 1. The molecule has 84 valence electrons. The smallest absolute Gasteiger partial charge is 0.217 e. The Balaban J connectivity index is 2.04. The maximum absolute atomic E-state index is 5.46. The minimum atomic E-state index is 0.494. The zero-order valence-corrected chi connectivity index (χ0v) is 10.6. The van der Waals surface area contributed by atoms with Crippen molar-refractivity contribution in [2.45, 2.75) is 32.2 Å². The molecule has 1 atom stereocenters. The van der Waals surface area contributed by atoms with Crippen molar-refractivity contribution in [3.63, 3.8) is 0 Å². The highest BCUT2D eigenvalue weighted by Crippen LogP contribution is 2.28. The van der Waals surface area contributed by atoms with Gasteiger partial charge >= 0.3 is 0 Å². The summed E-state index contributed by atoms with van der Waals surface area (Å²) in [5.74, 6) is 2.98. The third kappa shape index (κ3) is 1.59. The Kier molecular flexibility index (Phi) is 2.35. The van der Waals surface area contributed by atoms with Crippen LogP contribution in [0.25, 0.3) is 11.6 Å². The molecule has 2 aromatic rings. The molecule has 5 heteroatoms. The van der Waals surface area contributed by atoms with Gasteiger partial charge in [-0.05, 0) is 40.9 Å². The minimum absolute atomic E-state index is 0.494. The summed E-state index contributed by atoms with van der Waals surface area (Å²) in [4.78, 5) is 4.55. The quantitative estimate of drug-likeness (QED) is 0.806. The second-order valence-electron chi connectivity index (χ2n) is 4.16. The van der Waals surface area contributed by atoms with Crippen molar-refractivity contribution >= 4 is 15.9 Å². The Morgan fingerprint density at radius 3 is 3.06 bits per heavy atom. The lowest BCUT2D eigenvalue weighted by molar-refractivity contribution is 0.432. The largest absolute Gasteiger partial charge is 0.446 e. The van der Waals surface area contributed by atoms with Crippen LogP contribution in [0.2, 0.25) is 0 Å². The lowest BCUT2D eigenvalue weighted by Gasteiger charge is -2.17. The maximum Gasteiger partial charge on any atom is 0.217 e. The number of aryl methyl sites for hydroxylation is 1. The van der Waals surface area contributed by atoms with Crippen molar-refractivity contribution in [3.8, 4) is 11.6 Å². The molecule has 4 nitrogen and oxygen atoms in total. The molecule has 0 amide bonds. The number of fused-ring (bicyclic) bond motifs is 1. The molecular weight excluding hydrogens is 270 g/mol. The fourth-order valence-electron chi connectivity index (χ4n) is 2.10. The van der Waals surface area contributed by atoms with E-state index in [2.05, 4.69) is 32.9 Å². The normalized spacial score (nSPS) is 19.8. The average molecular weight is 282 g/mol. The van der Waals surface area contributed by atoms with Crippen LogP contribution in [0, 0.1) is 0 Å². The van der Waals surface area contributed by atoms with E-state index in [0.717, 1.165) is 18.1 Å². The first-order valence-electron chi connectivity index (χ1n) is 5.44. The monoisotopic (exact) mass is 281 g/mol. The molecule has 0 radical (unpaired) electrons. The van der Waals surface area contributed by atoms with Gasteiger partial charge in [0.25, 0.3) is 0 Å². The van der Waals surface area contributed by atoms with E-state index in [4.69, 9.17) is 4.42 Å². The molecule has 1 aliphatic heterocycles. The second-order valence-corrected chi connectivity index (χ2v) is 4.95. The lowest BCUT2D eigenvalue weighted by Crippen LogP contribution is -2.14. The zero-order chi connectivity index (χ0) is 11.1. The number of aromatic nitrogens is 3. The van der Waals surface area contributed by atoms with Crippen LogP contribution in [-0.2, 0) is 6.54 Å². The van der Waals surface area contributed by atoms with Gasteiger partial charge < -0.3 is 4.42 Å².